The molecule has 19 heavy (non-hydrogen) atoms. The Bertz CT molecular complexity index is 599. The van der Waals surface area contributed by atoms with Crippen molar-refractivity contribution in [2.75, 3.05) is 13.1 Å². The van der Waals surface area contributed by atoms with Gasteiger partial charge in [0.15, 0.2) is 0 Å². The highest BCUT2D eigenvalue weighted by Gasteiger charge is 2.23. The molecule has 0 radical (unpaired) electrons. The number of aryl methyl sites for hydroxylation is 1. The number of piperidine rings is 1. The van der Waals surface area contributed by atoms with Gasteiger partial charge in [-0.2, -0.15) is 5.26 Å². The molecular formula is C13H17N3O2S. The molecule has 0 bridgehead atoms. The normalized spacial score (nSPS) is 19.9. The monoisotopic (exact) mass is 279 g/mol. The van der Waals surface area contributed by atoms with E-state index in [4.69, 9.17) is 5.26 Å². The van der Waals surface area contributed by atoms with Crippen molar-refractivity contribution < 1.29 is 8.42 Å². The maximum atomic E-state index is 12.3. The first-order valence-corrected chi connectivity index (χ1v) is 7.75. The lowest BCUT2D eigenvalue weighted by Crippen LogP contribution is -2.45. The molecule has 6 heteroatoms. The lowest BCUT2D eigenvalue weighted by atomic mass is 10.1. The van der Waals surface area contributed by atoms with Crippen LogP contribution in [0.5, 0.6) is 0 Å². The van der Waals surface area contributed by atoms with Crippen molar-refractivity contribution in [1.29, 1.82) is 5.26 Å². The lowest BCUT2D eigenvalue weighted by molar-refractivity contribution is 0.428. The minimum atomic E-state index is -3.51. The van der Waals surface area contributed by atoms with E-state index in [1.165, 1.54) is 12.1 Å². The van der Waals surface area contributed by atoms with Crippen LogP contribution < -0.4 is 10.0 Å². The molecule has 1 aromatic carbocycles. The number of nitrogens with one attached hydrogen (secondary N) is 2. The summed E-state index contributed by atoms with van der Waals surface area (Å²) in [5.74, 6) is 0. The van der Waals surface area contributed by atoms with E-state index in [-0.39, 0.29) is 10.9 Å². The topological polar surface area (TPSA) is 82.0 Å². The van der Waals surface area contributed by atoms with Crippen LogP contribution in [0, 0.1) is 18.3 Å². The molecule has 0 unspecified atom stereocenters. The molecule has 1 aliphatic heterocycles. The summed E-state index contributed by atoms with van der Waals surface area (Å²) in [7, 11) is -3.51. The van der Waals surface area contributed by atoms with Gasteiger partial charge in [-0.3, -0.25) is 0 Å². The predicted octanol–water partition coefficient (Wildman–Crippen LogP) is 0.897. The summed E-state index contributed by atoms with van der Waals surface area (Å²) in [5, 5.41) is 12.0. The second-order valence-corrected chi connectivity index (χ2v) is 6.44. The van der Waals surface area contributed by atoms with Gasteiger partial charge >= 0.3 is 0 Å². The zero-order chi connectivity index (χ0) is 13.9. The molecule has 0 amide bonds. The van der Waals surface area contributed by atoms with E-state index >= 15 is 0 Å². The number of rotatable bonds is 3. The molecule has 102 valence electrons. The Kier molecular flexibility index (Phi) is 4.20. The molecule has 0 spiro atoms. The van der Waals surface area contributed by atoms with Gasteiger partial charge < -0.3 is 5.32 Å². The standard InChI is InChI=1S/C13H17N3O2S/c1-10-7-11(8-14)4-5-13(10)19(17,18)16-12-3-2-6-15-9-12/h4-5,7,12,15-16H,2-3,6,9H2,1H3/t12-/m1/s1. The summed E-state index contributed by atoms with van der Waals surface area (Å²) in [5.41, 5.74) is 1.06. The third-order valence-electron chi connectivity index (χ3n) is 3.21. The number of hydrogen-bond acceptors (Lipinski definition) is 4. The summed E-state index contributed by atoms with van der Waals surface area (Å²) in [4.78, 5) is 0.247. The predicted molar refractivity (Wildman–Crippen MR) is 72.1 cm³/mol. The molecule has 2 rings (SSSR count). The fourth-order valence-corrected chi connectivity index (χ4v) is 3.75. The maximum Gasteiger partial charge on any atom is 0.241 e. The van der Waals surface area contributed by atoms with Gasteiger partial charge in [-0.25, -0.2) is 13.1 Å². The van der Waals surface area contributed by atoms with E-state index in [0.29, 0.717) is 17.7 Å². The molecule has 5 nitrogen and oxygen atoms in total. The quantitative estimate of drug-likeness (QED) is 0.861. The molecule has 1 heterocycles. The van der Waals surface area contributed by atoms with Crippen LogP contribution in [0.2, 0.25) is 0 Å². The minimum absolute atomic E-state index is 0.0613. The van der Waals surface area contributed by atoms with Crippen molar-refractivity contribution in [1.82, 2.24) is 10.0 Å². The van der Waals surface area contributed by atoms with Crippen molar-refractivity contribution in [3.8, 4) is 6.07 Å². The minimum Gasteiger partial charge on any atom is -0.315 e. The zero-order valence-electron chi connectivity index (χ0n) is 10.8. The lowest BCUT2D eigenvalue weighted by Gasteiger charge is -2.24. The molecule has 1 aliphatic rings. The van der Waals surface area contributed by atoms with Crippen molar-refractivity contribution in [2.45, 2.75) is 30.7 Å². The van der Waals surface area contributed by atoms with Gasteiger partial charge in [-0.1, -0.05) is 0 Å². The van der Waals surface area contributed by atoms with Gasteiger partial charge in [-0.05, 0) is 50.1 Å². The number of hydrogen-bond donors (Lipinski definition) is 2. The molecule has 1 atom stereocenters. The molecule has 0 saturated carbocycles. The third kappa shape index (κ3) is 3.32. The Morgan fingerprint density at radius 2 is 2.26 bits per heavy atom. The largest absolute Gasteiger partial charge is 0.315 e. The number of nitrogens with zero attached hydrogens (tertiary/aromatic N) is 1. The van der Waals surface area contributed by atoms with Crippen molar-refractivity contribution >= 4 is 10.0 Å². The number of benzene rings is 1. The summed E-state index contributed by atoms with van der Waals surface area (Å²) in [6.45, 7) is 3.30. The average molecular weight is 279 g/mol. The summed E-state index contributed by atoms with van der Waals surface area (Å²) in [6, 6.07) is 6.55. The Labute approximate surface area is 113 Å². The second kappa shape index (κ2) is 5.70. The van der Waals surface area contributed by atoms with Crippen molar-refractivity contribution in [3.63, 3.8) is 0 Å². The second-order valence-electron chi connectivity index (χ2n) is 4.76. The highest BCUT2D eigenvalue weighted by molar-refractivity contribution is 7.89. The number of nitriles is 1. The first-order chi connectivity index (χ1) is 9.03. The van der Waals surface area contributed by atoms with Crippen LogP contribution in [0.3, 0.4) is 0 Å². The van der Waals surface area contributed by atoms with Gasteiger partial charge in [0.05, 0.1) is 16.5 Å². The summed E-state index contributed by atoms with van der Waals surface area (Å²) < 4.78 is 27.3. The maximum absolute atomic E-state index is 12.3. The molecule has 0 aliphatic carbocycles. The van der Waals surface area contributed by atoms with Gasteiger partial charge in [0.2, 0.25) is 10.0 Å². The Morgan fingerprint density at radius 1 is 1.47 bits per heavy atom. The third-order valence-corrected chi connectivity index (χ3v) is 4.89. The molecule has 2 N–H and O–H groups in total. The van der Waals surface area contributed by atoms with E-state index in [0.717, 1.165) is 19.4 Å². The molecule has 0 aromatic heterocycles. The first-order valence-electron chi connectivity index (χ1n) is 6.27. The highest BCUT2D eigenvalue weighted by atomic mass is 32.2. The van der Waals surface area contributed by atoms with Crippen LogP contribution in [-0.2, 0) is 10.0 Å². The van der Waals surface area contributed by atoms with Crippen LogP contribution in [0.1, 0.15) is 24.0 Å². The van der Waals surface area contributed by atoms with Crippen LogP contribution in [0.4, 0.5) is 0 Å². The smallest absolute Gasteiger partial charge is 0.241 e. The van der Waals surface area contributed by atoms with Gasteiger partial charge in [0, 0.05) is 12.6 Å². The van der Waals surface area contributed by atoms with E-state index in [1.807, 2.05) is 6.07 Å². The molecule has 1 aromatic rings. The SMILES string of the molecule is Cc1cc(C#N)ccc1S(=O)(=O)N[C@@H]1CCCNC1. The summed E-state index contributed by atoms with van der Waals surface area (Å²) in [6.07, 6.45) is 1.82. The van der Waals surface area contributed by atoms with E-state index in [9.17, 15) is 8.42 Å². The highest BCUT2D eigenvalue weighted by Crippen LogP contribution is 2.17. The van der Waals surface area contributed by atoms with Crippen molar-refractivity contribution in [3.05, 3.63) is 29.3 Å². The van der Waals surface area contributed by atoms with Gasteiger partial charge in [0.25, 0.3) is 0 Å². The van der Waals surface area contributed by atoms with Crippen LogP contribution in [-0.4, -0.2) is 27.5 Å². The molecule has 1 saturated heterocycles. The zero-order valence-corrected chi connectivity index (χ0v) is 11.6. The molecular weight excluding hydrogens is 262 g/mol. The Morgan fingerprint density at radius 3 is 2.84 bits per heavy atom. The van der Waals surface area contributed by atoms with Crippen LogP contribution in [0.15, 0.2) is 23.1 Å². The van der Waals surface area contributed by atoms with E-state index < -0.39 is 10.0 Å². The Balaban J connectivity index is 2.22. The van der Waals surface area contributed by atoms with Crippen LogP contribution in [0.25, 0.3) is 0 Å². The average Bonchev–Trinajstić information content (AvgIpc) is 2.38. The van der Waals surface area contributed by atoms with Crippen LogP contribution >= 0.6 is 0 Å². The Hall–Kier alpha value is -1.42. The van der Waals surface area contributed by atoms with Crippen molar-refractivity contribution in [2.24, 2.45) is 0 Å². The first kappa shape index (κ1) is 14.0. The fourth-order valence-electron chi connectivity index (χ4n) is 2.26. The van der Waals surface area contributed by atoms with E-state index in [1.54, 1.807) is 13.0 Å². The number of sulfonamides is 1. The summed E-state index contributed by atoms with van der Waals surface area (Å²) >= 11 is 0. The van der Waals surface area contributed by atoms with Gasteiger partial charge in [0.1, 0.15) is 0 Å². The molecule has 1 fully saturated rings. The van der Waals surface area contributed by atoms with Gasteiger partial charge in [-0.15, -0.1) is 0 Å². The fraction of sp³-hybridized carbons (Fsp3) is 0.462. The van der Waals surface area contributed by atoms with E-state index in [2.05, 4.69) is 10.0 Å².